The van der Waals surface area contributed by atoms with E-state index in [1.54, 1.807) is 18.2 Å². The summed E-state index contributed by atoms with van der Waals surface area (Å²) in [5.41, 5.74) is 0.707. The van der Waals surface area contributed by atoms with Gasteiger partial charge >= 0.3 is 5.63 Å². The molecule has 1 aromatic heterocycles. The first-order valence-electron chi connectivity index (χ1n) is 7.21. The molecule has 1 heterocycles. The molecule has 0 unspecified atom stereocenters. The van der Waals surface area contributed by atoms with Crippen LogP contribution in [0.15, 0.2) is 51.7 Å². The summed E-state index contributed by atoms with van der Waals surface area (Å²) in [4.78, 5) is 24.5. The van der Waals surface area contributed by atoms with E-state index in [2.05, 4.69) is 5.32 Å². The summed E-state index contributed by atoms with van der Waals surface area (Å²) in [6.07, 6.45) is 0. The lowest BCUT2D eigenvalue weighted by molar-refractivity contribution is 0.102. The van der Waals surface area contributed by atoms with Crippen molar-refractivity contribution in [2.75, 3.05) is 12.4 Å². The minimum absolute atomic E-state index is 0.0210. The van der Waals surface area contributed by atoms with Crippen molar-refractivity contribution in [3.63, 3.8) is 0 Å². The molecule has 3 aromatic rings. The zero-order valence-corrected chi connectivity index (χ0v) is 13.1. The Hall–Kier alpha value is -3.28. The molecule has 122 valence electrons. The van der Waals surface area contributed by atoms with Crippen LogP contribution in [0.5, 0.6) is 11.5 Å². The maximum Gasteiger partial charge on any atom is 0.349 e. The van der Waals surface area contributed by atoms with Crippen molar-refractivity contribution in [3.05, 3.63) is 64.0 Å². The summed E-state index contributed by atoms with van der Waals surface area (Å²) >= 11 is 0. The van der Waals surface area contributed by atoms with E-state index < -0.39 is 11.5 Å². The molecule has 3 rings (SSSR count). The van der Waals surface area contributed by atoms with Crippen LogP contribution in [0.4, 0.5) is 5.69 Å². The van der Waals surface area contributed by atoms with Crippen LogP contribution in [0.3, 0.4) is 0 Å². The first-order chi connectivity index (χ1) is 11.5. The van der Waals surface area contributed by atoms with Gasteiger partial charge in [0.15, 0.2) is 0 Å². The third-order valence-electron chi connectivity index (χ3n) is 3.57. The van der Waals surface area contributed by atoms with E-state index in [0.29, 0.717) is 16.8 Å². The van der Waals surface area contributed by atoms with Crippen molar-refractivity contribution in [1.82, 2.24) is 0 Å². The van der Waals surface area contributed by atoms with Gasteiger partial charge in [-0.15, -0.1) is 0 Å². The molecule has 0 atom stereocenters. The molecule has 0 aliphatic heterocycles. The van der Waals surface area contributed by atoms with E-state index in [-0.39, 0.29) is 16.9 Å². The largest absolute Gasteiger partial charge is 0.508 e. The van der Waals surface area contributed by atoms with E-state index in [1.807, 2.05) is 13.0 Å². The Bertz CT molecular complexity index is 990. The molecule has 6 nitrogen and oxygen atoms in total. The van der Waals surface area contributed by atoms with Crippen molar-refractivity contribution in [3.8, 4) is 11.5 Å². The van der Waals surface area contributed by atoms with Gasteiger partial charge < -0.3 is 19.6 Å². The summed E-state index contributed by atoms with van der Waals surface area (Å²) in [6, 6.07) is 11.1. The van der Waals surface area contributed by atoms with Crippen molar-refractivity contribution in [2.24, 2.45) is 0 Å². The second-order valence-electron chi connectivity index (χ2n) is 5.33. The van der Waals surface area contributed by atoms with E-state index >= 15 is 0 Å². The Morgan fingerprint density at radius 2 is 1.96 bits per heavy atom. The zero-order valence-electron chi connectivity index (χ0n) is 13.1. The highest BCUT2D eigenvalue weighted by molar-refractivity contribution is 6.06. The number of aromatic hydroxyl groups is 1. The molecular formula is C18H15NO5. The number of carbonyl (C=O) groups is 1. The fourth-order valence-corrected chi connectivity index (χ4v) is 2.37. The fraction of sp³-hybridized carbons (Fsp3) is 0.111. The van der Waals surface area contributed by atoms with Gasteiger partial charge in [-0.2, -0.15) is 0 Å². The number of aryl methyl sites for hydroxylation is 1. The highest BCUT2D eigenvalue weighted by Crippen LogP contribution is 2.26. The third-order valence-corrected chi connectivity index (χ3v) is 3.57. The van der Waals surface area contributed by atoms with E-state index in [0.717, 1.165) is 5.56 Å². The van der Waals surface area contributed by atoms with Crippen LogP contribution >= 0.6 is 0 Å². The van der Waals surface area contributed by atoms with Gasteiger partial charge in [0.1, 0.15) is 22.6 Å². The van der Waals surface area contributed by atoms with E-state index in [4.69, 9.17) is 9.15 Å². The van der Waals surface area contributed by atoms with E-state index in [9.17, 15) is 14.7 Å². The number of rotatable bonds is 3. The molecule has 0 spiro atoms. The van der Waals surface area contributed by atoms with Crippen LogP contribution in [-0.4, -0.2) is 18.1 Å². The van der Waals surface area contributed by atoms with Crippen LogP contribution in [0.1, 0.15) is 15.9 Å². The van der Waals surface area contributed by atoms with Gasteiger partial charge in [-0.1, -0.05) is 6.07 Å². The SMILES string of the molecule is COc1ccc(C)cc1NC(=O)c1cc2ccc(O)cc2oc1=O. The number of ether oxygens (including phenoxy) is 1. The first-order valence-corrected chi connectivity index (χ1v) is 7.21. The van der Waals surface area contributed by atoms with Crippen molar-refractivity contribution < 1.29 is 19.1 Å². The number of amides is 1. The van der Waals surface area contributed by atoms with Crippen molar-refractivity contribution in [1.29, 1.82) is 0 Å². The summed E-state index contributed by atoms with van der Waals surface area (Å²) in [5, 5.41) is 12.6. The van der Waals surface area contributed by atoms with Crippen LogP contribution in [0.2, 0.25) is 0 Å². The Morgan fingerprint density at radius 3 is 2.71 bits per heavy atom. The molecule has 24 heavy (non-hydrogen) atoms. The van der Waals surface area contributed by atoms with E-state index in [1.165, 1.54) is 25.3 Å². The predicted octanol–water partition coefficient (Wildman–Crippen LogP) is 3.07. The lowest BCUT2D eigenvalue weighted by atomic mass is 10.1. The van der Waals surface area contributed by atoms with Gasteiger partial charge in [-0.05, 0) is 42.8 Å². The molecule has 0 aliphatic rings. The van der Waals surface area contributed by atoms with Crippen LogP contribution in [0, 0.1) is 6.92 Å². The van der Waals surface area contributed by atoms with Gasteiger partial charge in [0.25, 0.3) is 5.91 Å². The predicted molar refractivity (Wildman–Crippen MR) is 89.8 cm³/mol. The number of anilines is 1. The standard InChI is InChI=1S/C18H15NO5/c1-10-3-6-15(23-2)14(7-10)19-17(21)13-8-11-4-5-12(20)9-16(11)24-18(13)22/h3-9,20H,1-2H3,(H,19,21). The summed E-state index contributed by atoms with van der Waals surface area (Å²) in [6.45, 7) is 1.88. The number of phenols is 1. The number of hydrogen-bond donors (Lipinski definition) is 2. The first kappa shape index (κ1) is 15.6. The molecule has 6 heteroatoms. The molecule has 0 saturated heterocycles. The molecule has 0 bridgehead atoms. The lowest BCUT2D eigenvalue weighted by Crippen LogP contribution is -2.21. The molecule has 0 saturated carbocycles. The van der Waals surface area contributed by atoms with Crippen LogP contribution in [-0.2, 0) is 0 Å². The second kappa shape index (κ2) is 6.08. The highest BCUT2D eigenvalue weighted by Gasteiger charge is 2.16. The van der Waals surface area contributed by atoms with Crippen LogP contribution < -0.4 is 15.7 Å². The lowest BCUT2D eigenvalue weighted by Gasteiger charge is -2.10. The topological polar surface area (TPSA) is 88.8 Å². The van der Waals surface area contributed by atoms with Gasteiger partial charge in [0.2, 0.25) is 0 Å². The maximum absolute atomic E-state index is 12.4. The highest BCUT2D eigenvalue weighted by atomic mass is 16.5. The Kier molecular flexibility index (Phi) is 3.95. The van der Waals surface area contributed by atoms with Gasteiger partial charge in [0.05, 0.1) is 12.8 Å². The summed E-state index contributed by atoms with van der Waals surface area (Å²) in [5.74, 6) is -0.126. The average Bonchev–Trinajstić information content (AvgIpc) is 2.54. The number of benzene rings is 2. The van der Waals surface area contributed by atoms with Gasteiger partial charge in [-0.3, -0.25) is 4.79 Å². The number of fused-ring (bicyclic) bond motifs is 1. The minimum atomic E-state index is -0.780. The number of nitrogens with one attached hydrogen (secondary N) is 1. The molecule has 2 aromatic carbocycles. The average molecular weight is 325 g/mol. The summed E-state index contributed by atoms with van der Waals surface area (Å²) in [7, 11) is 1.50. The Balaban J connectivity index is 2.00. The molecular weight excluding hydrogens is 310 g/mol. The monoisotopic (exact) mass is 325 g/mol. The molecule has 0 fully saturated rings. The Labute approximate surface area is 137 Å². The zero-order chi connectivity index (χ0) is 17.3. The quantitative estimate of drug-likeness (QED) is 0.723. The van der Waals surface area contributed by atoms with Crippen LogP contribution in [0.25, 0.3) is 11.0 Å². The maximum atomic E-state index is 12.4. The summed E-state index contributed by atoms with van der Waals surface area (Å²) < 4.78 is 10.3. The molecule has 0 aliphatic carbocycles. The third kappa shape index (κ3) is 2.94. The van der Waals surface area contributed by atoms with Gasteiger partial charge in [-0.25, -0.2) is 4.79 Å². The molecule has 2 N–H and O–H groups in total. The Morgan fingerprint density at radius 1 is 1.17 bits per heavy atom. The fourth-order valence-electron chi connectivity index (χ4n) is 2.37. The van der Waals surface area contributed by atoms with Crippen molar-refractivity contribution in [2.45, 2.75) is 6.92 Å². The van der Waals surface area contributed by atoms with Crippen molar-refractivity contribution >= 4 is 22.6 Å². The smallest absolute Gasteiger partial charge is 0.349 e. The second-order valence-corrected chi connectivity index (χ2v) is 5.33. The molecule has 0 radical (unpaired) electrons. The number of methoxy groups -OCH3 is 1. The minimum Gasteiger partial charge on any atom is -0.508 e. The number of carbonyl (C=O) groups excluding carboxylic acids is 1. The molecule has 1 amide bonds. The number of phenolic OH excluding ortho intramolecular Hbond substituents is 1. The number of hydrogen-bond acceptors (Lipinski definition) is 5. The van der Waals surface area contributed by atoms with Gasteiger partial charge in [0, 0.05) is 11.5 Å². The normalized spacial score (nSPS) is 10.6.